The van der Waals surface area contributed by atoms with Crippen molar-refractivity contribution in [1.82, 2.24) is 9.62 Å². The predicted octanol–water partition coefficient (Wildman–Crippen LogP) is 2.36. The molecule has 1 amide bonds. The summed E-state index contributed by atoms with van der Waals surface area (Å²) in [5.74, 6) is -1.01. The van der Waals surface area contributed by atoms with E-state index in [4.69, 9.17) is 9.47 Å². The van der Waals surface area contributed by atoms with E-state index in [2.05, 4.69) is 5.32 Å². The van der Waals surface area contributed by atoms with E-state index >= 15 is 0 Å². The SMILES string of the molecule is CCC(OC(=O)/C=C/c1ccc(S(=O)(=O)N2CCOCC2)cc1)C(=O)NCc1ccccc1. The van der Waals surface area contributed by atoms with Crippen LogP contribution < -0.4 is 5.32 Å². The second-order valence-corrected chi connectivity index (χ2v) is 9.39. The molecule has 1 fully saturated rings. The van der Waals surface area contributed by atoms with Crippen LogP contribution in [0, 0.1) is 0 Å². The number of hydrogen-bond donors (Lipinski definition) is 1. The molecule has 1 heterocycles. The molecule has 1 unspecified atom stereocenters. The third-order valence-corrected chi connectivity index (χ3v) is 7.04. The molecule has 1 N–H and O–H groups in total. The van der Waals surface area contributed by atoms with Crippen molar-refractivity contribution in [3.63, 3.8) is 0 Å². The summed E-state index contributed by atoms with van der Waals surface area (Å²) in [6.45, 7) is 3.53. The summed E-state index contributed by atoms with van der Waals surface area (Å²) < 4.78 is 37.2. The van der Waals surface area contributed by atoms with Crippen LogP contribution in [-0.4, -0.2) is 57.0 Å². The zero-order valence-corrected chi connectivity index (χ0v) is 19.3. The Labute approximate surface area is 194 Å². The summed E-state index contributed by atoms with van der Waals surface area (Å²) in [5.41, 5.74) is 1.58. The van der Waals surface area contributed by atoms with Crippen LogP contribution in [0.25, 0.3) is 6.08 Å². The fraction of sp³-hybridized carbons (Fsp3) is 0.333. The lowest BCUT2D eigenvalue weighted by Crippen LogP contribution is -2.40. The molecule has 8 nitrogen and oxygen atoms in total. The van der Waals surface area contributed by atoms with E-state index in [0.717, 1.165) is 5.56 Å². The van der Waals surface area contributed by atoms with Crippen molar-refractivity contribution < 1.29 is 27.5 Å². The zero-order chi connectivity index (χ0) is 23.7. The Morgan fingerprint density at radius 1 is 1.09 bits per heavy atom. The fourth-order valence-electron chi connectivity index (χ4n) is 3.25. The van der Waals surface area contributed by atoms with E-state index in [9.17, 15) is 18.0 Å². The molecule has 1 saturated heterocycles. The summed E-state index contributed by atoms with van der Waals surface area (Å²) in [4.78, 5) is 24.7. The number of morpholine rings is 1. The van der Waals surface area contributed by atoms with Gasteiger partial charge in [0.25, 0.3) is 5.91 Å². The smallest absolute Gasteiger partial charge is 0.331 e. The second kappa shape index (κ2) is 11.7. The number of esters is 1. The molecule has 0 radical (unpaired) electrons. The Morgan fingerprint density at radius 3 is 2.39 bits per heavy atom. The van der Waals surface area contributed by atoms with E-state index in [0.29, 0.717) is 44.8 Å². The van der Waals surface area contributed by atoms with Gasteiger partial charge in [-0.25, -0.2) is 13.2 Å². The summed E-state index contributed by atoms with van der Waals surface area (Å²) in [5, 5.41) is 2.77. The average Bonchev–Trinajstić information content (AvgIpc) is 2.86. The maximum Gasteiger partial charge on any atom is 0.331 e. The maximum absolute atomic E-state index is 12.7. The number of hydrogen-bond acceptors (Lipinski definition) is 6. The molecular weight excluding hydrogens is 444 g/mol. The highest BCUT2D eigenvalue weighted by atomic mass is 32.2. The summed E-state index contributed by atoms with van der Waals surface area (Å²) in [6, 6.07) is 15.7. The van der Waals surface area contributed by atoms with Crippen molar-refractivity contribution in [2.24, 2.45) is 0 Å². The number of amides is 1. The van der Waals surface area contributed by atoms with Gasteiger partial charge in [-0.15, -0.1) is 0 Å². The molecule has 3 rings (SSSR count). The molecule has 0 aliphatic carbocycles. The van der Waals surface area contributed by atoms with Gasteiger partial charge in [0.1, 0.15) is 0 Å². The van der Waals surface area contributed by atoms with Gasteiger partial charge in [0.2, 0.25) is 10.0 Å². The van der Waals surface area contributed by atoms with Gasteiger partial charge in [0, 0.05) is 25.7 Å². The largest absolute Gasteiger partial charge is 0.449 e. The lowest BCUT2D eigenvalue weighted by Gasteiger charge is -2.26. The molecule has 176 valence electrons. The Bertz CT molecular complexity index is 1060. The van der Waals surface area contributed by atoms with Crippen molar-refractivity contribution in [3.8, 4) is 0 Å². The quantitative estimate of drug-likeness (QED) is 0.444. The summed E-state index contributed by atoms with van der Waals surface area (Å²) in [6.07, 6.45) is 2.18. The third kappa shape index (κ3) is 6.98. The molecular formula is C24H28N2O6S. The molecule has 0 aromatic heterocycles. The molecule has 33 heavy (non-hydrogen) atoms. The minimum Gasteiger partial charge on any atom is -0.449 e. The Morgan fingerprint density at radius 2 is 1.76 bits per heavy atom. The van der Waals surface area contributed by atoms with Crippen molar-refractivity contribution >= 4 is 28.0 Å². The summed E-state index contributed by atoms with van der Waals surface area (Å²) >= 11 is 0. The highest BCUT2D eigenvalue weighted by molar-refractivity contribution is 7.89. The van der Waals surface area contributed by atoms with Crippen LogP contribution in [0.5, 0.6) is 0 Å². The van der Waals surface area contributed by atoms with Crippen molar-refractivity contribution in [3.05, 3.63) is 71.8 Å². The topological polar surface area (TPSA) is 102 Å². The second-order valence-electron chi connectivity index (χ2n) is 7.46. The van der Waals surface area contributed by atoms with Crippen LogP contribution in [0.1, 0.15) is 24.5 Å². The molecule has 1 atom stereocenters. The van der Waals surface area contributed by atoms with Crippen LogP contribution in [0.2, 0.25) is 0 Å². The van der Waals surface area contributed by atoms with Gasteiger partial charge in [0.05, 0.1) is 18.1 Å². The van der Waals surface area contributed by atoms with Crippen LogP contribution in [0.3, 0.4) is 0 Å². The number of carbonyl (C=O) groups is 2. The number of nitrogens with one attached hydrogen (secondary N) is 1. The first-order valence-corrected chi connectivity index (χ1v) is 12.2. The number of sulfonamides is 1. The Balaban J connectivity index is 1.54. The Kier molecular flexibility index (Phi) is 8.76. The van der Waals surface area contributed by atoms with E-state index in [1.807, 2.05) is 30.3 Å². The first kappa shape index (κ1) is 24.6. The zero-order valence-electron chi connectivity index (χ0n) is 18.5. The maximum atomic E-state index is 12.7. The minimum absolute atomic E-state index is 0.185. The van der Waals surface area contributed by atoms with Gasteiger partial charge in [0.15, 0.2) is 6.10 Å². The molecule has 0 saturated carbocycles. The summed E-state index contributed by atoms with van der Waals surface area (Å²) in [7, 11) is -3.57. The highest BCUT2D eigenvalue weighted by Gasteiger charge is 2.26. The minimum atomic E-state index is -3.57. The number of benzene rings is 2. The number of carbonyl (C=O) groups excluding carboxylic acids is 2. The first-order valence-electron chi connectivity index (χ1n) is 10.8. The normalized spacial score (nSPS) is 15.8. The van der Waals surface area contributed by atoms with Crippen LogP contribution in [0.4, 0.5) is 0 Å². The van der Waals surface area contributed by atoms with Crippen molar-refractivity contribution in [2.45, 2.75) is 30.9 Å². The van der Waals surface area contributed by atoms with Gasteiger partial charge in [-0.05, 0) is 35.8 Å². The molecule has 2 aromatic rings. The van der Waals surface area contributed by atoms with Crippen molar-refractivity contribution in [2.75, 3.05) is 26.3 Å². The molecule has 9 heteroatoms. The number of rotatable bonds is 9. The highest BCUT2D eigenvalue weighted by Crippen LogP contribution is 2.18. The van der Waals surface area contributed by atoms with Crippen LogP contribution in [-0.2, 0) is 35.6 Å². The van der Waals surface area contributed by atoms with Crippen LogP contribution in [0.15, 0.2) is 65.6 Å². The van der Waals surface area contributed by atoms with Gasteiger partial charge in [-0.1, -0.05) is 49.4 Å². The monoisotopic (exact) mass is 472 g/mol. The number of nitrogens with zero attached hydrogens (tertiary/aromatic N) is 1. The lowest BCUT2D eigenvalue weighted by atomic mass is 10.2. The van der Waals surface area contributed by atoms with E-state index < -0.39 is 22.1 Å². The Hall–Kier alpha value is -3.01. The molecule has 1 aliphatic rings. The van der Waals surface area contributed by atoms with E-state index in [1.54, 1.807) is 19.1 Å². The third-order valence-electron chi connectivity index (χ3n) is 5.13. The predicted molar refractivity (Wildman–Crippen MR) is 124 cm³/mol. The van der Waals surface area contributed by atoms with Crippen molar-refractivity contribution in [1.29, 1.82) is 0 Å². The van der Waals surface area contributed by atoms with E-state index in [1.165, 1.54) is 28.6 Å². The molecule has 2 aromatic carbocycles. The molecule has 0 spiro atoms. The van der Waals surface area contributed by atoms with E-state index in [-0.39, 0.29) is 10.8 Å². The fourth-order valence-corrected chi connectivity index (χ4v) is 4.66. The standard InChI is InChI=1S/C24H28N2O6S/c1-2-22(24(28)25-18-20-6-4-3-5-7-20)32-23(27)13-10-19-8-11-21(12-9-19)33(29,30)26-14-16-31-17-15-26/h3-13,22H,2,14-18H2,1H3,(H,25,28)/b13-10+. The first-order chi connectivity index (χ1) is 15.9. The number of ether oxygens (including phenoxy) is 2. The van der Waals surface area contributed by atoms with Gasteiger partial charge in [-0.3, -0.25) is 4.79 Å². The van der Waals surface area contributed by atoms with Crippen LogP contribution >= 0.6 is 0 Å². The molecule has 0 bridgehead atoms. The van der Waals surface area contributed by atoms with Gasteiger partial charge >= 0.3 is 5.97 Å². The molecule has 1 aliphatic heterocycles. The average molecular weight is 473 g/mol. The van der Waals surface area contributed by atoms with Gasteiger partial charge < -0.3 is 14.8 Å². The lowest BCUT2D eigenvalue weighted by molar-refractivity contribution is -0.151. The van der Waals surface area contributed by atoms with Gasteiger partial charge in [-0.2, -0.15) is 4.31 Å².